The molecule has 1 aromatic heterocycles. The molecule has 11 heteroatoms. The number of aromatic nitrogens is 2. The number of nitrogens with one attached hydrogen (secondary N) is 2. The second-order valence-electron chi connectivity index (χ2n) is 8.42. The van der Waals surface area contributed by atoms with E-state index in [-0.39, 0.29) is 29.5 Å². The van der Waals surface area contributed by atoms with Gasteiger partial charge in [-0.25, -0.2) is 13.4 Å². The van der Waals surface area contributed by atoms with Crippen LogP contribution in [0.15, 0.2) is 58.2 Å². The highest BCUT2D eigenvalue weighted by Crippen LogP contribution is 2.22. The standard InChI is InChI=1S/C24H29N5O5S/c1-34-15-14-28(16-22-26-21-7-3-2-6-20(21)24(31)27-22)17-23(30)25-18-8-10-19(11-9-18)35(32,33)29-12-4-5-13-29/h2-3,6-11H,4-5,12-17H2,1H3,(H,25,30)(H,26,27,31). The third-order valence-electron chi connectivity index (χ3n) is 5.86. The number of anilines is 1. The molecule has 4 rings (SSSR count). The smallest absolute Gasteiger partial charge is 0.258 e. The van der Waals surface area contributed by atoms with E-state index < -0.39 is 10.0 Å². The number of aromatic amines is 1. The van der Waals surface area contributed by atoms with Gasteiger partial charge < -0.3 is 15.0 Å². The molecule has 0 radical (unpaired) electrons. The van der Waals surface area contributed by atoms with Gasteiger partial charge in [-0.2, -0.15) is 4.31 Å². The summed E-state index contributed by atoms with van der Waals surface area (Å²) in [6, 6.07) is 13.3. The number of amides is 1. The normalized spacial score (nSPS) is 14.6. The lowest BCUT2D eigenvalue weighted by Gasteiger charge is -2.21. The van der Waals surface area contributed by atoms with Crippen LogP contribution in [0.5, 0.6) is 0 Å². The molecule has 1 aliphatic heterocycles. The lowest BCUT2D eigenvalue weighted by atomic mass is 10.2. The van der Waals surface area contributed by atoms with E-state index in [4.69, 9.17) is 4.74 Å². The molecule has 10 nitrogen and oxygen atoms in total. The van der Waals surface area contributed by atoms with Gasteiger partial charge in [-0.1, -0.05) is 12.1 Å². The first-order valence-corrected chi connectivity index (χ1v) is 12.9. The van der Waals surface area contributed by atoms with Gasteiger partial charge in [0.2, 0.25) is 15.9 Å². The van der Waals surface area contributed by atoms with Gasteiger partial charge in [0.15, 0.2) is 0 Å². The van der Waals surface area contributed by atoms with Crippen molar-refractivity contribution >= 4 is 32.5 Å². The van der Waals surface area contributed by atoms with Crippen LogP contribution in [0.3, 0.4) is 0 Å². The summed E-state index contributed by atoms with van der Waals surface area (Å²) in [6.45, 7) is 2.21. The molecule has 1 saturated heterocycles. The zero-order valence-electron chi connectivity index (χ0n) is 19.6. The number of benzene rings is 2. The van der Waals surface area contributed by atoms with Crippen molar-refractivity contribution in [3.8, 4) is 0 Å². The molecule has 0 atom stereocenters. The SMILES string of the molecule is COCCN(CC(=O)Nc1ccc(S(=O)(=O)N2CCCC2)cc1)Cc1nc2ccccc2c(=O)[nH]1. The van der Waals surface area contributed by atoms with Crippen LogP contribution in [-0.2, 0) is 26.1 Å². The summed E-state index contributed by atoms with van der Waals surface area (Å²) in [7, 11) is -1.93. The first kappa shape index (κ1) is 25.0. The van der Waals surface area contributed by atoms with Gasteiger partial charge in [0, 0.05) is 32.4 Å². The second kappa shape index (κ2) is 11.1. The van der Waals surface area contributed by atoms with Crippen molar-refractivity contribution in [1.29, 1.82) is 0 Å². The molecule has 1 amide bonds. The van der Waals surface area contributed by atoms with Crippen molar-refractivity contribution in [2.45, 2.75) is 24.3 Å². The van der Waals surface area contributed by atoms with E-state index in [0.717, 1.165) is 12.8 Å². The van der Waals surface area contributed by atoms with E-state index in [0.29, 0.717) is 48.7 Å². The molecule has 2 aromatic carbocycles. The summed E-state index contributed by atoms with van der Waals surface area (Å²) in [6.07, 6.45) is 1.74. The largest absolute Gasteiger partial charge is 0.383 e. The molecule has 2 N–H and O–H groups in total. The van der Waals surface area contributed by atoms with Crippen LogP contribution in [0.2, 0.25) is 0 Å². The molecular formula is C24H29N5O5S. The van der Waals surface area contributed by atoms with E-state index in [1.807, 2.05) is 11.0 Å². The average Bonchev–Trinajstić information content (AvgIpc) is 3.39. The fourth-order valence-corrected chi connectivity index (χ4v) is 5.56. The zero-order valence-corrected chi connectivity index (χ0v) is 20.4. The topological polar surface area (TPSA) is 125 Å². The Morgan fingerprint density at radius 2 is 1.86 bits per heavy atom. The molecule has 186 valence electrons. The first-order chi connectivity index (χ1) is 16.9. The maximum Gasteiger partial charge on any atom is 0.258 e. The van der Waals surface area contributed by atoms with Crippen LogP contribution in [0.4, 0.5) is 5.69 Å². The zero-order chi connectivity index (χ0) is 24.8. The minimum Gasteiger partial charge on any atom is -0.383 e. The Morgan fingerprint density at radius 3 is 2.57 bits per heavy atom. The predicted octanol–water partition coefficient (Wildman–Crippen LogP) is 1.79. The van der Waals surface area contributed by atoms with E-state index in [9.17, 15) is 18.0 Å². The highest BCUT2D eigenvalue weighted by molar-refractivity contribution is 7.89. The molecule has 3 aromatic rings. The number of fused-ring (bicyclic) bond motifs is 1. The van der Waals surface area contributed by atoms with E-state index in [2.05, 4.69) is 15.3 Å². The Balaban J connectivity index is 1.42. The number of para-hydroxylation sites is 1. The van der Waals surface area contributed by atoms with Crippen molar-refractivity contribution in [1.82, 2.24) is 19.2 Å². The van der Waals surface area contributed by atoms with Crippen molar-refractivity contribution in [2.75, 3.05) is 45.2 Å². The van der Waals surface area contributed by atoms with Gasteiger partial charge in [0.05, 0.1) is 35.5 Å². The molecule has 0 spiro atoms. The fourth-order valence-electron chi connectivity index (χ4n) is 4.05. The quantitative estimate of drug-likeness (QED) is 0.436. The Morgan fingerprint density at radius 1 is 1.14 bits per heavy atom. The van der Waals surface area contributed by atoms with Crippen LogP contribution in [0.25, 0.3) is 10.9 Å². The van der Waals surface area contributed by atoms with Crippen LogP contribution in [-0.4, -0.2) is 73.4 Å². The number of ether oxygens (including phenoxy) is 1. The molecule has 0 bridgehead atoms. The minimum atomic E-state index is -3.50. The Kier molecular flexibility index (Phi) is 7.91. The highest BCUT2D eigenvalue weighted by Gasteiger charge is 2.27. The number of methoxy groups -OCH3 is 1. The summed E-state index contributed by atoms with van der Waals surface area (Å²) < 4.78 is 32.0. The maximum atomic E-state index is 12.7. The Labute approximate surface area is 204 Å². The number of H-pyrrole nitrogens is 1. The van der Waals surface area contributed by atoms with Crippen LogP contribution >= 0.6 is 0 Å². The highest BCUT2D eigenvalue weighted by atomic mass is 32.2. The fraction of sp³-hybridized carbons (Fsp3) is 0.375. The van der Waals surface area contributed by atoms with Gasteiger partial charge in [0.25, 0.3) is 5.56 Å². The van der Waals surface area contributed by atoms with Crippen LogP contribution < -0.4 is 10.9 Å². The molecule has 35 heavy (non-hydrogen) atoms. The van der Waals surface area contributed by atoms with E-state index >= 15 is 0 Å². The van der Waals surface area contributed by atoms with Crippen molar-refractivity contribution in [3.63, 3.8) is 0 Å². The predicted molar refractivity (Wildman–Crippen MR) is 133 cm³/mol. The van der Waals surface area contributed by atoms with Gasteiger partial charge in [0.1, 0.15) is 5.82 Å². The number of rotatable bonds is 10. The minimum absolute atomic E-state index is 0.0354. The lowest BCUT2D eigenvalue weighted by Crippen LogP contribution is -2.36. The third kappa shape index (κ3) is 6.12. The molecule has 2 heterocycles. The number of carbonyl (C=O) groups is 1. The lowest BCUT2D eigenvalue weighted by molar-refractivity contribution is -0.117. The summed E-state index contributed by atoms with van der Waals surface area (Å²) in [5.74, 6) is 0.175. The number of hydrogen-bond donors (Lipinski definition) is 2. The monoisotopic (exact) mass is 499 g/mol. The maximum absolute atomic E-state index is 12.7. The number of carbonyl (C=O) groups excluding carboxylic acids is 1. The van der Waals surface area contributed by atoms with Crippen molar-refractivity contribution < 1.29 is 17.9 Å². The summed E-state index contributed by atoms with van der Waals surface area (Å²) >= 11 is 0. The molecule has 1 aliphatic rings. The summed E-state index contributed by atoms with van der Waals surface area (Å²) in [5.41, 5.74) is 0.858. The Hall–Kier alpha value is -3.12. The average molecular weight is 500 g/mol. The summed E-state index contributed by atoms with van der Waals surface area (Å²) in [4.78, 5) is 34.4. The van der Waals surface area contributed by atoms with Gasteiger partial charge in [-0.3, -0.25) is 14.5 Å². The third-order valence-corrected chi connectivity index (χ3v) is 7.77. The van der Waals surface area contributed by atoms with Gasteiger partial charge in [-0.15, -0.1) is 0 Å². The molecule has 0 saturated carbocycles. The van der Waals surface area contributed by atoms with E-state index in [1.165, 1.54) is 16.4 Å². The number of hydrogen-bond acceptors (Lipinski definition) is 7. The second-order valence-corrected chi connectivity index (χ2v) is 10.4. The van der Waals surface area contributed by atoms with E-state index in [1.54, 1.807) is 37.4 Å². The molecule has 1 fully saturated rings. The van der Waals surface area contributed by atoms with Crippen molar-refractivity contribution in [3.05, 3.63) is 64.7 Å². The van der Waals surface area contributed by atoms with Crippen LogP contribution in [0.1, 0.15) is 18.7 Å². The summed E-state index contributed by atoms with van der Waals surface area (Å²) in [5, 5.41) is 3.31. The van der Waals surface area contributed by atoms with Gasteiger partial charge in [-0.05, 0) is 49.2 Å². The Bertz CT molecular complexity index is 1330. The molecule has 0 aliphatic carbocycles. The van der Waals surface area contributed by atoms with Gasteiger partial charge >= 0.3 is 0 Å². The molecular weight excluding hydrogens is 470 g/mol. The van der Waals surface area contributed by atoms with Crippen molar-refractivity contribution in [2.24, 2.45) is 0 Å². The number of sulfonamides is 1. The first-order valence-electron chi connectivity index (χ1n) is 11.5. The number of nitrogens with zero attached hydrogens (tertiary/aromatic N) is 3. The van der Waals surface area contributed by atoms with Crippen LogP contribution in [0, 0.1) is 0 Å². The molecule has 0 unspecified atom stereocenters.